The molecule has 0 amide bonds. The predicted octanol–water partition coefficient (Wildman–Crippen LogP) is 2.04. The molecule has 0 unspecified atom stereocenters. The fourth-order valence-corrected chi connectivity index (χ4v) is 2.63. The molecule has 0 atom stereocenters. The van der Waals surface area contributed by atoms with E-state index in [1.165, 1.54) is 4.90 Å². The topological polar surface area (TPSA) is 77.8 Å². The van der Waals surface area contributed by atoms with Gasteiger partial charge in [0.2, 0.25) is 0 Å². The van der Waals surface area contributed by atoms with Gasteiger partial charge in [0.15, 0.2) is 0 Å². The number of hydrogen-bond acceptors (Lipinski definition) is 3. The molecule has 0 spiro atoms. The zero-order valence-electron chi connectivity index (χ0n) is 10.1. The summed E-state index contributed by atoms with van der Waals surface area (Å²) in [6, 6.07) is 3.66. The van der Waals surface area contributed by atoms with Crippen molar-refractivity contribution in [2.45, 2.75) is 13.8 Å². The quantitative estimate of drug-likeness (QED) is 0.869. The minimum absolute atomic E-state index is 0.338. The van der Waals surface area contributed by atoms with Crippen LogP contribution in [0, 0.1) is 13.8 Å². The van der Waals surface area contributed by atoms with Crippen molar-refractivity contribution in [3.63, 3.8) is 0 Å². The minimum Gasteiger partial charge on any atom is -0.480 e. The van der Waals surface area contributed by atoms with Gasteiger partial charge in [0.25, 0.3) is 0 Å². The van der Waals surface area contributed by atoms with Crippen LogP contribution in [0.3, 0.4) is 0 Å². The zero-order chi connectivity index (χ0) is 13.9. The Morgan fingerprint density at radius 1 is 1.11 bits per heavy atom. The van der Waals surface area contributed by atoms with Gasteiger partial charge in [-0.1, -0.05) is 15.9 Å². The molecule has 5 nitrogen and oxygen atoms in total. The maximum Gasteiger partial charge on any atom is 0.323 e. The molecule has 98 valence electrons. The number of hydrogen-bond donors (Lipinski definition) is 2. The number of carboxylic acid groups (broad SMARTS) is 2. The van der Waals surface area contributed by atoms with Crippen molar-refractivity contribution in [3.05, 3.63) is 27.7 Å². The lowest BCUT2D eigenvalue weighted by molar-refractivity contribution is -0.136. The van der Waals surface area contributed by atoms with Crippen molar-refractivity contribution in [1.29, 1.82) is 0 Å². The Morgan fingerprint density at radius 3 is 1.83 bits per heavy atom. The number of nitrogens with zero attached hydrogens (tertiary/aromatic N) is 1. The standard InChI is InChI=1S/C12H14BrNO4/c1-7-3-9(13)4-8(2)12(7)14(5-10(15)16)6-11(17)18/h3-4H,5-6H2,1-2H3,(H,15,16)(H,17,18). The van der Waals surface area contributed by atoms with E-state index in [9.17, 15) is 9.59 Å². The lowest BCUT2D eigenvalue weighted by Crippen LogP contribution is -2.35. The highest BCUT2D eigenvalue weighted by molar-refractivity contribution is 9.10. The van der Waals surface area contributed by atoms with Gasteiger partial charge in [0.1, 0.15) is 13.1 Å². The highest BCUT2D eigenvalue weighted by atomic mass is 79.9. The molecule has 1 rings (SSSR count). The van der Waals surface area contributed by atoms with Crippen LogP contribution in [0.4, 0.5) is 5.69 Å². The Hall–Kier alpha value is -1.56. The molecule has 2 N–H and O–H groups in total. The Morgan fingerprint density at radius 2 is 1.50 bits per heavy atom. The molecule has 0 radical (unpaired) electrons. The Balaban J connectivity index is 3.19. The second-order valence-corrected chi connectivity index (χ2v) is 4.95. The molecule has 0 heterocycles. The molecule has 0 aliphatic heterocycles. The van der Waals surface area contributed by atoms with E-state index in [0.717, 1.165) is 15.6 Å². The van der Waals surface area contributed by atoms with Crippen LogP contribution >= 0.6 is 15.9 Å². The van der Waals surface area contributed by atoms with Crippen molar-refractivity contribution >= 4 is 33.6 Å². The van der Waals surface area contributed by atoms with Gasteiger partial charge in [0, 0.05) is 10.2 Å². The van der Waals surface area contributed by atoms with E-state index in [4.69, 9.17) is 10.2 Å². The van der Waals surface area contributed by atoms with Gasteiger partial charge >= 0.3 is 11.9 Å². The van der Waals surface area contributed by atoms with Gasteiger partial charge < -0.3 is 15.1 Å². The molecule has 1 aromatic carbocycles. The summed E-state index contributed by atoms with van der Waals surface area (Å²) in [6.45, 7) is 2.97. The lowest BCUT2D eigenvalue weighted by Gasteiger charge is -2.25. The van der Waals surface area contributed by atoms with Gasteiger partial charge in [0.05, 0.1) is 0 Å². The maximum absolute atomic E-state index is 10.8. The van der Waals surface area contributed by atoms with Crippen LogP contribution in [0.15, 0.2) is 16.6 Å². The number of aliphatic carboxylic acids is 2. The molecular weight excluding hydrogens is 302 g/mol. The third-order valence-electron chi connectivity index (χ3n) is 2.42. The Kier molecular flexibility index (Phi) is 4.72. The maximum atomic E-state index is 10.8. The molecule has 0 saturated carbocycles. The van der Waals surface area contributed by atoms with E-state index >= 15 is 0 Å². The van der Waals surface area contributed by atoms with Crippen molar-refractivity contribution < 1.29 is 19.8 Å². The van der Waals surface area contributed by atoms with E-state index < -0.39 is 11.9 Å². The van der Waals surface area contributed by atoms with Crippen LogP contribution < -0.4 is 4.90 Å². The largest absolute Gasteiger partial charge is 0.480 e. The first kappa shape index (κ1) is 14.5. The molecule has 0 fully saturated rings. The number of rotatable bonds is 5. The van der Waals surface area contributed by atoms with Gasteiger partial charge in [-0.15, -0.1) is 0 Å². The number of halogens is 1. The molecule has 18 heavy (non-hydrogen) atoms. The van der Waals surface area contributed by atoms with Crippen LogP contribution in [0.5, 0.6) is 0 Å². The summed E-state index contributed by atoms with van der Waals surface area (Å²) in [4.78, 5) is 23.0. The monoisotopic (exact) mass is 315 g/mol. The fraction of sp³-hybridized carbons (Fsp3) is 0.333. The van der Waals surface area contributed by atoms with Crippen LogP contribution in [0.2, 0.25) is 0 Å². The van der Waals surface area contributed by atoms with Gasteiger partial charge in [-0.3, -0.25) is 9.59 Å². The van der Waals surface area contributed by atoms with Crippen LogP contribution in [0.1, 0.15) is 11.1 Å². The summed E-state index contributed by atoms with van der Waals surface area (Å²) in [7, 11) is 0. The van der Waals surface area contributed by atoms with Crippen LogP contribution in [-0.2, 0) is 9.59 Å². The summed E-state index contributed by atoms with van der Waals surface area (Å²) in [5.74, 6) is -2.11. The van der Waals surface area contributed by atoms with E-state index in [1.807, 2.05) is 26.0 Å². The molecule has 0 saturated heterocycles. The summed E-state index contributed by atoms with van der Waals surface area (Å²) < 4.78 is 0.881. The second kappa shape index (κ2) is 5.86. The first-order chi connectivity index (χ1) is 8.31. The van der Waals surface area contributed by atoms with Crippen LogP contribution in [0.25, 0.3) is 0 Å². The van der Waals surface area contributed by atoms with Crippen molar-refractivity contribution in [1.82, 2.24) is 0 Å². The summed E-state index contributed by atoms with van der Waals surface area (Å²) in [5, 5.41) is 17.7. The lowest BCUT2D eigenvalue weighted by atomic mass is 10.1. The fourth-order valence-electron chi connectivity index (χ4n) is 1.94. The van der Waals surface area contributed by atoms with Crippen LogP contribution in [-0.4, -0.2) is 35.2 Å². The van der Waals surface area contributed by atoms with E-state index in [2.05, 4.69) is 15.9 Å². The van der Waals surface area contributed by atoms with Gasteiger partial charge in [-0.05, 0) is 37.1 Å². The molecule has 0 aliphatic carbocycles. The molecule has 0 bridgehead atoms. The summed E-state index contributed by atoms with van der Waals surface area (Å²) in [5.41, 5.74) is 2.33. The first-order valence-electron chi connectivity index (χ1n) is 5.26. The van der Waals surface area contributed by atoms with Gasteiger partial charge in [-0.2, -0.15) is 0 Å². The number of aryl methyl sites for hydroxylation is 2. The number of anilines is 1. The summed E-state index contributed by atoms with van der Waals surface area (Å²) in [6.07, 6.45) is 0. The second-order valence-electron chi connectivity index (χ2n) is 4.03. The van der Waals surface area contributed by atoms with E-state index in [-0.39, 0.29) is 13.1 Å². The first-order valence-corrected chi connectivity index (χ1v) is 6.06. The molecular formula is C12H14BrNO4. The average Bonchev–Trinajstić information content (AvgIpc) is 2.12. The molecule has 1 aromatic rings. The van der Waals surface area contributed by atoms with Crippen molar-refractivity contribution in [2.75, 3.05) is 18.0 Å². The van der Waals surface area contributed by atoms with Gasteiger partial charge in [-0.25, -0.2) is 0 Å². The molecule has 0 aromatic heterocycles. The van der Waals surface area contributed by atoms with E-state index in [1.54, 1.807) is 0 Å². The van der Waals surface area contributed by atoms with Crippen molar-refractivity contribution in [3.8, 4) is 0 Å². The SMILES string of the molecule is Cc1cc(Br)cc(C)c1N(CC(=O)O)CC(=O)O. The van der Waals surface area contributed by atoms with Crippen molar-refractivity contribution in [2.24, 2.45) is 0 Å². The highest BCUT2D eigenvalue weighted by Gasteiger charge is 2.18. The number of carbonyl (C=O) groups is 2. The Labute approximate surface area is 113 Å². The smallest absolute Gasteiger partial charge is 0.323 e. The third kappa shape index (κ3) is 3.73. The predicted molar refractivity (Wildman–Crippen MR) is 71.1 cm³/mol. The number of carboxylic acids is 2. The zero-order valence-corrected chi connectivity index (χ0v) is 11.7. The normalized spacial score (nSPS) is 10.2. The Bertz CT molecular complexity index is 448. The molecule has 6 heteroatoms. The third-order valence-corrected chi connectivity index (χ3v) is 2.88. The molecule has 0 aliphatic rings. The van der Waals surface area contributed by atoms with E-state index in [0.29, 0.717) is 5.69 Å². The highest BCUT2D eigenvalue weighted by Crippen LogP contribution is 2.28. The minimum atomic E-state index is -1.06. The summed E-state index contributed by atoms with van der Waals surface area (Å²) >= 11 is 3.35. The number of benzene rings is 1. The average molecular weight is 316 g/mol.